The maximum Gasteiger partial charge on any atom is 0.416 e. The number of carbonyl (C=O) groups is 1. The number of halogens is 3. The van der Waals surface area contributed by atoms with Gasteiger partial charge in [0.15, 0.2) is 0 Å². The fourth-order valence-corrected chi connectivity index (χ4v) is 1.42. The van der Waals surface area contributed by atoms with Crippen molar-refractivity contribution in [3.05, 3.63) is 41.6 Å². The molecule has 88 valence electrons. The summed E-state index contributed by atoms with van der Waals surface area (Å²) in [7, 11) is 0. The highest BCUT2D eigenvalue weighted by atomic mass is 19.4. The average Bonchev–Trinajstić information content (AvgIpc) is 2.26. The molecule has 0 aliphatic carbocycles. The maximum absolute atomic E-state index is 12.4. The van der Waals surface area contributed by atoms with Crippen LogP contribution in [0, 0.1) is 0 Å². The Balaban J connectivity index is 2.58. The molecule has 6 heteroatoms. The highest BCUT2D eigenvalue weighted by Crippen LogP contribution is 2.31. The van der Waals surface area contributed by atoms with Gasteiger partial charge in [0.1, 0.15) is 5.69 Å². The first-order chi connectivity index (χ1) is 7.88. The summed E-state index contributed by atoms with van der Waals surface area (Å²) in [6, 6.07) is 5.45. The summed E-state index contributed by atoms with van der Waals surface area (Å²) in [5.41, 5.74) is -0.759. The number of benzene rings is 1. The molecule has 0 unspecified atom stereocenters. The summed E-state index contributed by atoms with van der Waals surface area (Å²) in [5, 5.41) is 8.94. The molecule has 1 heterocycles. The van der Waals surface area contributed by atoms with Gasteiger partial charge < -0.3 is 5.11 Å². The van der Waals surface area contributed by atoms with E-state index in [4.69, 9.17) is 5.11 Å². The Morgan fingerprint density at radius 3 is 2.47 bits per heavy atom. The van der Waals surface area contributed by atoms with Crippen molar-refractivity contribution < 1.29 is 23.1 Å². The van der Waals surface area contributed by atoms with Crippen LogP contribution in [0.3, 0.4) is 0 Å². The second kappa shape index (κ2) is 3.73. The zero-order valence-corrected chi connectivity index (χ0v) is 8.32. The predicted molar refractivity (Wildman–Crippen MR) is 53.7 cm³/mol. The second-order valence-corrected chi connectivity index (χ2v) is 3.41. The largest absolute Gasteiger partial charge is 0.477 e. The van der Waals surface area contributed by atoms with Crippen LogP contribution >= 0.6 is 0 Å². The first kappa shape index (κ1) is 11.4. The van der Waals surface area contributed by atoms with Gasteiger partial charge in [0.05, 0.1) is 11.1 Å². The predicted octanol–water partition coefficient (Wildman–Crippen LogP) is 2.95. The Bertz CT molecular complexity index is 593. The van der Waals surface area contributed by atoms with E-state index in [1.54, 1.807) is 0 Å². The second-order valence-electron chi connectivity index (χ2n) is 3.41. The molecule has 0 saturated heterocycles. The van der Waals surface area contributed by atoms with E-state index in [0.717, 1.165) is 18.2 Å². The van der Waals surface area contributed by atoms with E-state index in [-0.39, 0.29) is 16.6 Å². The Hall–Kier alpha value is -2.11. The van der Waals surface area contributed by atoms with E-state index in [2.05, 4.69) is 4.98 Å². The Morgan fingerprint density at radius 2 is 1.88 bits per heavy atom. The zero-order valence-electron chi connectivity index (χ0n) is 8.32. The van der Waals surface area contributed by atoms with E-state index >= 15 is 0 Å². The number of nitrogens with zero attached hydrogens (tertiary/aromatic N) is 1. The van der Waals surface area contributed by atoms with Crippen LogP contribution in [-0.4, -0.2) is 16.1 Å². The van der Waals surface area contributed by atoms with Crippen LogP contribution in [0.5, 0.6) is 0 Å². The smallest absolute Gasteiger partial charge is 0.416 e. The molecule has 0 aliphatic heterocycles. The lowest BCUT2D eigenvalue weighted by Gasteiger charge is -2.07. The molecule has 0 fully saturated rings. The number of carboxylic acid groups (broad SMARTS) is 1. The number of fused-ring (bicyclic) bond motifs is 1. The molecule has 2 rings (SSSR count). The quantitative estimate of drug-likeness (QED) is 0.835. The van der Waals surface area contributed by atoms with Crippen molar-refractivity contribution in [1.82, 2.24) is 4.98 Å². The molecule has 0 amide bonds. The highest BCUT2D eigenvalue weighted by molar-refractivity contribution is 5.89. The van der Waals surface area contributed by atoms with Gasteiger partial charge in [0.25, 0.3) is 0 Å². The first-order valence-corrected chi connectivity index (χ1v) is 4.59. The van der Waals surface area contributed by atoms with Gasteiger partial charge in [-0.05, 0) is 24.3 Å². The van der Waals surface area contributed by atoms with E-state index in [9.17, 15) is 18.0 Å². The molecular formula is C11H6F3NO2. The molecule has 0 aliphatic rings. The lowest BCUT2D eigenvalue weighted by molar-refractivity contribution is -0.137. The van der Waals surface area contributed by atoms with Crippen LogP contribution in [0.4, 0.5) is 13.2 Å². The average molecular weight is 241 g/mol. The van der Waals surface area contributed by atoms with Crippen molar-refractivity contribution in [2.75, 3.05) is 0 Å². The van der Waals surface area contributed by atoms with Crippen LogP contribution in [0.25, 0.3) is 10.9 Å². The van der Waals surface area contributed by atoms with Crippen molar-refractivity contribution >= 4 is 16.9 Å². The zero-order chi connectivity index (χ0) is 12.6. The first-order valence-electron chi connectivity index (χ1n) is 4.59. The van der Waals surface area contributed by atoms with E-state index in [0.29, 0.717) is 0 Å². The number of aromatic carboxylic acids is 1. The lowest BCUT2D eigenvalue weighted by atomic mass is 10.1. The fraction of sp³-hybridized carbons (Fsp3) is 0.0909. The van der Waals surface area contributed by atoms with E-state index in [1.165, 1.54) is 12.1 Å². The summed E-state index contributed by atoms with van der Waals surface area (Å²) >= 11 is 0. The third kappa shape index (κ3) is 2.20. The number of rotatable bonds is 1. The minimum atomic E-state index is -4.42. The van der Waals surface area contributed by atoms with Gasteiger partial charge >= 0.3 is 12.1 Å². The van der Waals surface area contributed by atoms with Crippen LogP contribution < -0.4 is 0 Å². The summed E-state index contributed by atoms with van der Waals surface area (Å²) in [6.07, 6.45) is -4.42. The van der Waals surface area contributed by atoms with E-state index in [1.807, 2.05) is 0 Å². The summed E-state index contributed by atoms with van der Waals surface area (Å²) in [5.74, 6) is -1.22. The normalized spacial score (nSPS) is 11.7. The summed E-state index contributed by atoms with van der Waals surface area (Å²) in [6.45, 7) is 0. The van der Waals surface area contributed by atoms with Gasteiger partial charge in [-0.2, -0.15) is 13.2 Å². The standard InChI is InChI=1S/C11H6F3NO2/c12-11(13,14)7-2-4-8-6(5-7)1-3-9(15-8)10(16)17/h1-5H,(H,16,17). The molecule has 1 N–H and O–H groups in total. The third-order valence-electron chi connectivity index (χ3n) is 2.24. The SMILES string of the molecule is O=C(O)c1ccc2cc(C(F)(F)F)ccc2n1. The van der Waals surface area contributed by atoms with Crippen molar-refractivity contribution in [2.45, 2.75) is 6.18 Å². The molecular weight excluding hydrogens is 235 g/mol. The molecule has 0 spiro atoms. The number of hydrogen-bond acceptors (Lipinski definition) is 2. The van der Waals surface area contributed by atoms with Gasteiger partial charge in [-0.25, -0.2) is 9.78 Å². The number of aromatic nitrogens is 1. The van der Waals surface area contributed by atoms with Crippen molar-refractivity contribution in [2.24, 2.45) is 0 Å². The monoisotopic (exact) mass is 241 g/mol. The molecule has 3 nitrogen and oxygen atoms in total. The molecule has 1 aromatic carbocycles. The number of carboxylic acids is 1. The van der Waals surface area contributed by atoms with Crippen LogP contribution in [0.1, 0.15) is 16.1 Å². The van der Waals surface area contributed by atoms with Crippen LogP contribution in [0.2, 0.25) is 0 Å². The van der Waals surface area contributed by atoms with Gasteiger partial charge in [-0.1, -0.05) is 6.07 Å². The fourth-order valence-electron chi connectivity index (χ4n) is 1.42. The van der Waals surface area contributed by atoms with Crippen molar-refractivity contribution in [3.8, 4) is 0 Å². The van der Waals surface area contributed by atoms with E-state index < -0.39 is 17.7 Å². The lowest BCUT2D eigenvalue weighted by Crippen LogP contribution is -2.05. The molecule has 17 heavy (non-hydrogen) atoms. The molecule has 0 radical (unpaired) electrons. The topological polar surface area (TPSA) is 50.2 Å². The van der Waals surface area contributed by atoms with Crippen LogP contribution in [-0.2, 0) is 6.18 Å². The molecule has 0 atom stereocenters. The Morgan fingerprint density at radius 1 is 1.18 bits per heavy atom. The molecule has 0 bridgehead atoms. The number of alkyl halides is 3. The van der Waals surface area contributed by atoms with Crippen LogP contribution in [0.15, 0.2) is 30.3 Å². The van der Waals surface area contributed by atoms with Gasteiger partial charge in [-0.15, -0.1) is 0 Å². The van der Waals surface area contributed by atoms with Gasteiger partial charge in [0.2, 0.25) is 0 Å². The Labute approximate surface area is 93.5 Å². The minimum Gasteiger partial charge on any atom is -0.477 e. The van der Waals surface area contributed by atoms with Gasteiger partial charge in [0, 0.05) is 5.39 Å². The minimum absolute atomic E-state index is 0.197. The number of pyridine rings is 1. The van der Waals surface area contributed by atoms with Crippen molar-refractivity contribution in [1.29, 1.82) is 0 Å². The molecule has 0 saturated carbocycles. The molecule has 1 aromatic heterocycles. The van der Waals surface area contributed by atoms with Gasteiger partial charge in [-0.3, -0.25) is 0 Å². The third-order valence-corrected chi connectivity index (χ3v) is 2.24. The Kier molecular flexibility index (Phi) is 2.49. The highest BCUT2D eigenvalue weighted by Gasteiger charge is 2.30. The maximum atomic E-state index is 12.4. The summed E-state index contributed by atoms with van der Waals surface area (Å²) in [4.78, 5) is 14.4. The number of hydrogen-bond donors (Lipinski definition) is 1. The molecule has 2 aromatic rings. The summed E-state index contributed by atoms with van der Waals surface area (Å²) < 4.78 is 37.2. The van der Waals surface area contributed by atoms with Crippen molar-refractivity contribution in [3.63, 3.8) is 0 Å².